The molecule has 1 N–H and O–H groups in total. The van der Waals surface area contributed by atoms with E-state index in [1.165, 1.54) is 0 Å². The molecule has 2 rings (SSSR count). The van der Waals surface area contributed by atoms with E-state index in [9.17, 15) is 9.59 Å². The van der Waals surface area contributed by atoms with Gasteiger partial charge in [0.05, 0.1) is 12.5 Å². The van der Waals surface area contributed by atoms with E-state index in [0.29, 0.717) is 26.2 Å². The van der Waals surface area contributed by atoms with Crippen molar-refractivity contribution in [2.45, 2.75) is 32.6 Å². The van der Waals surface area contributed by atoms with Gasteiger partial charge in [-0.3, -0.25) is 4.79 Å². The van der Waals surface area contributed by atoms with Crippen LogP contribution in [0.3, 0.4) is 0 Å². The zero-order valence-corrected chi connectivity index (χ0v) is 14.0. The summed E-state index contributed by atoms with van der Waals surface area (Å²) in [5, 5.41) is 3.02. The number of carbonyl (C=O) groups excluding carboxylic acids is 2. The predicted octanol–water partition coefficient (Wildman–Crippen LogP) is 2.77. The Morgan fingerprint density at radius 2 is 2.09 bits per heavy atom. The van der Waals surface area contributed by atoms with Gasteiger partial charge in [0.2, 0.25) is 5.91 Å². The Labute approximate surface area is 138 Å². The standard InChI is InChI=1S/C18H26N2O3/c1-3-14(2)16(15-8-5-4-6-9-15)17(21)19-10-7-11-20-12-13-23-18(20)22/h4-6,8-9,14,16H,3,7,10-13H2,1-2H3,(H,19,21)/t14-,16-/m1/s1. The summed E-state index contributed by atoms with van der Waals surface area (Å²) in [6, 6.07) is 9.92. The summed E-state index contributed by atoms with van der Waals surface area (Å²) in [5.74, 6) is 0.221. The summed E-state index contributed by atoms with van der Waals surface area (Å²) in [7, 11) is 0. The van der Waals surface area contributed by atoms with Crippen LogP contribution in [0.1, 0.15) is 38.2 Å². The maximum absolute atomic E-state index is 12.6. The zero-order valence-electron chi connectivity index (χ0n) is 14.0. The zero-order chi connectivity index (χ0) is 16.7. The van der Waals surface area contributed by atoms with Crippen molar-refractivity contribution in [3.8, 4) is 0 Å². The Morgan fingerprint density at radius 3 is 2.70 bits per heavy atom. The normalized spacial score (nSPS) is 16.8. The van der Waals surface area contributed by atoms with Gasteiger partial charge >= 0.3 is 6.09 Å². The van der Waals surface area contributed by atoms with Crippen molar-refractivity contribution in [3.05, 3.63) is 35.9 Å². The van der Waals surface area contributed by atoms with Crippen molar-refractivity contribution in [2.24, 2.45) is 5.92 Å². The topological polar surface area (TPSA) is 58.6 Å². The lowest BCUT2D eigenvalue weighted by Crippen LogP contribution is -2.35. The maximum atomic E-state index is 12.6. The molecule has 1 saturated heterocycles. The smallest absolute Gasteiger partial charge is 0.409 e. The Balaban J connectivity index is 1.84. The molecule has 0 aromatic heterocycles. The first-order valence-corrected chi connectivity index (χ1v) is 8.37. The average Bonchev–Trinajstić information content (AvgIpc) is 2.97. The molecule has 0 aliphatic carbocycles. The second-order valence-electron chi connectivity index (χ2n) is 6.02. The van der Waals surface area contributed by atoms with Crippen LogP contribution < -0.4 is 5.32 Å². The van der Waals surface area contributed by atoms with Gasteiger partial charge in [0.15, 0.2) is 0 Å². The van der Waals surface area contributed by atoms with Crippen molar-refractivity contribution in [3.63, 3.8) is 0 Å². The van der Waals surface area contributed by atoms with Gasteiger partial charge < -0.3 is 15.0 Å². The highest BCUT2D eigenvalue weighted by Gasteiger charge is 2.25. The molecule has 1 fully saturated rings. The molecule has 126 valence electrons. The van der Waals surface area contributed by atoms with Gasteiger partial charge in [0.1, 0.15) is 6.61 Å². The number of cyclic esters (lactones) is 1. The van der Waals surface area contributed by atoms with E-state index in [1.54, 1.807) is 4.90 Å². The van der Waals surface area contributed by atoms with Crippen molar-refractivity contribution in [1.29, 1.82) is 0 Å². The first kappa shape index (κ1) is 17.3. The lowest BCUT2D eigenvalue weighted by molar-refractivity contribution is -0.123. The average molecular weight is 318 g/mol. The summed E-state index contributed by atoms with van der Waals surface area (Å²) in [4.78, 5) is 25.6. The molecule has 1 aromatic rings. The number of nitrogens with one attached hydrogen (secondary N) is 1. The van der Waals surface area contributed by atoms with E-state index in [1.807, 2.05) is 30.3 Å². The SMILES string of the molecule is CC[C@@H](C)[C@@H](C(=O)NCCCN1CCOC1=O)c1ccccc1. The van der Waals surface area contributed by atoms with Gasteiger partial charge in [-0.1, -0.05) is 50.6 Å². The largest absolute Gasteiger partial charge is 0.448 e. The molecule has 1 aliphatic rings. The molecule has 0 saturated carbocycles. The first-order chi connectivity index (χ1) is 11.1. The number of rotatable bonds is 8. The third-order valence-electron chi connectivity index (χ3n) is 4.40. The van der Waals surface area contributed by atoms with E-state index >= 15 is 0 Å². The summed E-state index contributed by atoms with van der Waals surface area (Å²) >= 11 is 0. The fourth-order valence-corrected chi connectivity index (χ4v) is 2.85. The first-order valence-electron chi connectivity index (χ1n) is 8.37. The minimum absolute atomic E-state index is 0.0644. The minimum atomic E-state index is -0.252. The summed E-state index contributed by atoms with van der Waals surface area (Å²) in [6.07, 6.45) is 1.44. The molecule has 0 radical (unpaired) electrons. The van der Waals surface area contributed by atoms with Crippen LogP contribution in [0, 0.1) is 5.92 Å². The molecule has 5 nitrogen and oxygen atoms in total. The van der Waals surface area contributed by atoms with Crippen LogP contribution >= 0.6 is 0 Å². The quantitative estimate of drug-likeness (QED) is 0.750. The molecule has 1 aliphatic heterocycles. The molecule has 1 heterocycles. The highest BCUT2D eigenvalue weighted by Crippen LogP contribution is 2.27. The van der Waals surface area contributed by atoms with Gasteiger partial charge in [0, 0.05) is 13.1 Å². The summed E-state index contributed by atoms with van der Waals surface area (Å²) in [5.41, 5.74) is 1.06. The van der Waals surface area contributed by atoms with Crippen molar-refractivity contribution >= 4 is 12.0 Å². The number of benzene rings is 1. The lowest BCUT2D eigenvalue weighted by atomic mass is 9.85. The fourth-order valence-electron chi connectivity index (χ4n) is 2.85. The Kier molecular flexibility index (Phi) is 6.44. The highest BCUT2D eigenvalue weighted by atomic mass is 16.6. The second-order valence-corrected chi connectivity index (χ2v) is 6.02. The third-order valence-corrected chi connectivity index (χ3v) is 4.40. The summed E-state index contributed by atoms with van der Waals surface area (Å²) in [6.45, 7) is 6.52. The number of carbonyl (C=O) groups is 2. The van der Waals surface area contributed by atoms with Crippen molar-refractivity contribution < 1.29 is 14.3 Å². The summed E-state index contributed by atoms with van der Waals surface area (Å²) < 4.78 is 4.89. The third kappa shape index (κ3) is 4.71. The number of nitrogens with zero attached hydrogens (tertiary/aromatic N) is 1. The molecular weight excluding hydrogens is 292 g/mol. The van der Waals surface area contributed by atoms with Crippen molar-refractivity contribution in [2.75, 3.05) is 26.2 Å². The molecule has 0 bridgehead atoms. The van der Waals surface area contributed by atoms with Crippen molar-refractivity contribution in [1.82, 2.24) is 10.2 Å². The van der Waals surface area contributed by atoms with Crippen LogP contribution in [0.15, 0.2) is 30.3 Å². The number of hydrogen-bond acceptors (Lipinski definition) is 3. The molecule has 0 unspecified atom stereocenters. The fraction of sp³-hybridized carbons (Fsp3) is 0.556. The van der Waals surface area contributed by atoms with Gasteiger partial charge in [-0.15, -0.1) is 0 Å². The van der Waals surface area contributed by atoms with E-state index in [4.69, 9.17) is 4.74 Å². The second kappa shape index (κ2) is 8.56. The molecule has 5 heteroatoms. The number of amides is 2. The predicted molar refractivity (Wildman–Crippen MR) is 89.2 cm³/mol. The maximum Gasteiger partial charge on any atom is 0.409 e. The van der Waals surface area contributed by atoms with E-state index in [-0.39, 0.29) is 23.8 Å². The van der Waals surface area contributed by atoms with E-state index in [0.717, 1.165) is 18.4 Å². The van der Waals surface area contributed by atoms with Crippen LogP contribution in [0.4, 0.5) is 4.79 Å². The van der Waals surface area contributed by atoms with Crippen LogP contribution in [0.2, 0.25) is 0 Å². The number of hydrogen-bond donors (Lipinski definition) is 1. The van der Waals surface area contributed by atoms with E-state index in [2.05, 4.69) is 19.2 Å². The highest BCUT2D eigenvalue weighted by molar-refractivity contribution is 5.83. The van der Waals surface area contributed by atoms with Crippen LogP contribution in [-0.4, -0.2) is 43.1 Å². The lowest BCUT2D eigenvalue weighted by Gasteiger charge is -2.23. The molecule has 2 amide bonds. The van der Waals surface area contributed by atoms with Gasteiger partial charge in [0.25, 0.3) is 0 Å². The van der Waals surface area contributed by atoms with Gasteiger partial charge in [-0.05, 0) is 17.9 Å². The molecular formula is C18H26N2O3. The molecule has 23 heavy (non-hydrogen) atoms. The van der Waals surface area contributed by atoms with Crippen LogP contribution in [0.5, 0.6) is 0 Å². The van der Waals surface area contributed by atoms with Crippen LogP contribution in [0.25, 0.3) is 0 Å². The van der Waals surface area contributed by atoms with Gasteiger partial charge in [-0.25, -0.2) is 4.79 Å². The molecule has 1 aromatic carbocycles. The Bertz CT molecular complexity index is 518. The van der Waals surface area contributed by atoms with E-state index < -0.39 is 0 Å². The Hall–Kier alpha value is -2.04. The Morgan fingerprint density at radius 1 is 1.35 bits per heavy atom. The van der Waals surface area contributed by atoms with Crippen LogP contribution in [-0.2, 0) is 9.53 Å². The monoisotopic (exact) mass is 318 g/mol. The van der Waals surface area contributed by atoms with Gasteiger partial charge in [-0.2, -0.15) is 0 Å². The minimum Gasteiger partial charge on any atom is -0.448 e. The molecule has 2 atom stereocenters. The molecule has 0 spiro atoms. The number of ether oxygens (including phenoxy) is 1.